The van der Waals surface area contributed by atoms with Gasteiger partial charge in [-0.05, 0) is 19.1 Å². The molecule has 0 radical (unpaired) electrons. The van der Waals surface area contributed by atoms with E-state index in [-0.39, 0.29) is 0 Å². The van der Waals surface area contributed by atoms with Crippen molar-refractivity contribution in [1.82, 2.24) is 9.78 Å². The van der Waals surface area contributed by atoms with Crippen LogP contribution in [0.2, 0.25) is 0 Å². The van der Waals surface area contributed by atoms with Crippen molar-refractivity contribution in [3.8, 4) is 5.75 Å². The minimum atomic E-state index is 0.543. The van der Waals surface area contributed by atoms with Crippen LogP contribution in [0, 0.1) is 6.92 Å². The molecule has 0 bridgehead atoms. The first kappa shape index (κ1) is 12.2. The van der Waals surface area contributed by atoms with Gasteiger partial charge in [-0.3, -0.25) is 4.68 Å². The molecule has 0 aliphatic heterocycles. The molecule has 0 aliphatic rings. The maximum atomic E-state index is 5.82. The molecule has 4 heteroatoms. The van der Waals surface area contributed by atoms with Gasteiger partial charge in [-0.15, -0.1) is 0 Å². The van der Waals surface area contributed by atoms with Crippen LogP contribution in [0.5, 0.6) is 5.75 Å². The SMILES string of the molecule is Cc1cc(COc2ccccc2CBr)n(C)n1. The fourth-order valence-corrected chi connectivity index (χ4v) is 2.17. The van der Waals surface area contributed by atoms with E-state index in [2.05, 4.69) is 27.1 Å². The zero-order valence-corrected chi connectivity index (χ0v) is 11.6. The van der Waals surface area contributed by atoms with Crippen molar-refractivity contribution < 1.29 is 4.74 Å². The van der Waals surface area contributed by atoms with Crippen LogP contribution in [0.15, 0.2) is 30.3 Å². The van der Waals surface area contributed by atoms with E-state index < -0.39 is 0 Å². The summed E-state index contributed by atoms with van der Waals surface area (Å²) in [5.41, 5.74) is 3.25. The Labute approximate surface area is 110 Å². The summed E-state index contributed by atoms with van der Waals surface area (Å²) in [5, 5.41) is 5.09. The first-order chi connectivity index (χ1) is 8.20. The van der Waals surface area contributed by atoms with Crippen LogP contribution in [-0.2, 0) is 19.0 Å². The van der Waals surface area contributed by atoms with Crippen molar-refractivity contribution in [2.75, 3.05) is 0 Å². The Morgan fingerprint density at radius 3 is 2.76 bits per heavy atom. The molecule has 0 aliphatic carbocycles. The Morgan fingerprint density at radius 1 is 1.35 bits per heavy atom. The highest BCUT2D eigenvalue weighted by molar-refractivity contribution is 9.08. The molecule has 2 aromatic rings. The summed E-state index contributed by atoms with van der Waals surface area (Å²) in [6.45, 7) is 2.53. The van der Waals surface area contributed by atoms with Gasteiger partial charge in [0.15, 0.2) is 0 Å². The van der Waals surface area contributed by atoms with Crippen molar-refractivity contribution in [3.63, 3.8) is 0 Å². The Morgan fingerprint density at radius 2 is 2.12 bits per heavy atom. The van der Waals surface area contributed by atoms with Crippen molar-refractivity contribution in [2.24, 2.45) is 7.05 Å². The van der Waals surface area contributed by atoms with E-state index in [0.29, 0.717) is 6.61 Å². The lowest BCUT2D eigenvalue weighted by molar-refractivity contribution is 0.293. The average molecular weight is 295 g/mol. The lowest BCUT2D eigenvalue weighted by Gasteiger charge is -2.09. The molecule has 17 heavy (non-hydrogen) atoms. The highest BCUT2D eigenvalue weighted by atomic mass is 79.9. The van der Waals surface area contributed by atoms with Gasteiger partial charge in [0.2, 0.25) is 0 Å². The minimum Gasteiger partial charge on any atom is -0.487 e. The quantitative estimate of drug-likeness (QED) is 0.810. The zero-order valence-electron chi connectivity index (χ0n) is 9.98. The number of hydrogen-bond donors (Lipinski definition) is 0. The Bertz CT molecular complexity index is 508. The standard InChI is InChI=1S/C13H15BrN2O/c1-10-7-12(16(2)15-10)9-17-13-6-4-3-5-11(13)8-14/h3-7H,8-9H2,1-2H3. The lowest BCUT2D eigenvalue weighted by atomic mass is 10.2. The maximum Gasteiger partial charge on any atom is 0.130 e. The third-order valence-electron chi connectivity index (χ3n) is 2.59. The number of aryl methyl sites for hydroxylation is 2. The normalized spacial score (nSPS) is 10.5. The van der Waals surface area contributed by atoms with Crippen LogP contribution in [0.25, 0.3) is 0 Å². The predicted molar refractivity (Wildman–Crippen MR) is 71.4 cm³/mol. The van der Waals surface area contributed by atoms with E-state index in [1.54, 1.807) is 0 Å². The maximum absolute atomic E-state index is 5.82. The van der Waals surface area contributed by atoms with Crippen LogP contribution >= 0.6 is 15.9 Å². The van der Waals surface area contributed by atoms with Crippen LogP contribution in [0.3, 0.4) is 0 Å². The molecule has 0 atom stereocenters. The molecule has 0 N–H and O–H groups in total. The van der Waals surface area contributed by atoms with Crippen molar-refractivity contribution >= 4 is 15.9 Å². The molecular weight excluding hydrogens is 280 g/mol. The zero-order chi connectivity index (χ0) is 12.3. The van der Waals surface area contributed by atoms with Gasteiger partial charge >= 0.3 is 0 Å². The van der Waals surface area contributed by atoms with E-state index in [9.17, 15) is 0 Å². The Hall–Kier alpha value is -1.29. The molecule has 0 fully saturated rings. The summed E-state index contributed by atoms with van der Waals surface area (Å²) < 4.78 is 7.67. The van der Waals surface area contributed by atoms with Gasteiger partial charge in [-0.2, -0.15) is 5.10 Å². The molecular formula is C13H15BrN2O. The highest BCUT2D eigenvalue weighted by Crippen LogP contribution is 2.21. The Balaban J connectivity index is 2.09. The summed E-state index contributed by atoms with van der Waals surface area (Å²) in [4.78, 5) is 0. The number of rotatable bonds is 4. The number of para-hydroxylation sites is 1. The number of hydrogen-bond acceptors (Lipinski definition) is 2. The number of nitrogens with zero attached hydrogens (tertiary/aromatic N) is 2. The predicted octanol–water partition coefficient (Wildman–Crippen LogP) is 3.20. The van der Waals surface area contributed by atoms with E-state index in [4.69, 9.17) is 4.74 Å². The highest BCUT2D eigenvalue weighted by Gasteiger charge is 2.05. The molecule has 0 unspecified atom stereocenters. The molecule has 0 spiro atoms. The van der Waals surface area contributed by atoms with Gasteiger partial charge in [0.05, 0.1) is 11.4 Å². The fourth-order valence-electron chi connectivity index (χ4n) is 1.71. The molecule has 1 aromatic heterocycles. The third kappa shape index (κ3) is 2.88. The number of alkyl halides is 1. The molecule has 0 saturated heterocycles. The van der Waals surface area contributed by atoms with Crippen molar-refractivity contribution in [1.29, 1.82) is 0 Å². The molecule has 3 nitrogen and oxygen atoms in total. The summed E-state index contributed by atoms with van der Waals surface area (Å²) in [6, 6.07) is 10.1. The third-order valence-corrected chi connectivity index (χ3v) is 3.20. The molecule has 0 amide bonds. The molecule has 90 valence electrons. The number of halogens is 1. The molecule has 1 heterocycles. The van der Waals surface area contributed by atoms with Gasteiger partial charge in [0.25, 0.3) is 0 Å². The van der Waals surface area contributed by atoms with Gasteiger partial charge in [0.1, 0.15) is 12.4 Å². The topological polar surface area (TPSA) is 27.1 Å². The van der Waals surface area contributed by atoms with E-state index in [1.807, 2.05) is 42.9 Å². The van der Waals surface area contributed by atoms with Crippen LogP contribution in [0.1, 0.15) is 17.0 Å². The van der Waals surface area contributed by atoms with E-state index in [0.717, 1.165) is 28.0 Å². The second-order valence-electron chi connectivity index (χ2n) is 3.93. The lowest BCUT2D eigenvalue weighted by Crippen LogP contribution is -2.03. The number of ether oxygens (including phenoxy) is 1. The number of aromatic nitrogens is 2. The van der Waals surface area contributed by atoms with Gasteiger partial charge < -0.3 is 4.74 Å². The van der Waals surface area contributed by atoms with Crippen LogP contribution in [-0.4, -0.2) is 9.78 Å². The van der Waals surface area contributed by atoms with Crippen LogP contribution < -0.4 is 4.74 Å². The van der Waals surface area contributed by atoms with Crippen LogP contribution in [0.4, 0.5) is 0 Å². The molecule has 0 saturated carbocycles. The first-order valence-electron chi connectivity index (χ1n) is 5.47. The van der Waals surface area contributed by atoms with Crippen molar-refractivity contribution in [2.45, 2.75) is 18.9 Å². The second-order valence-corrected chi connectivity index (χ2v) is 4.49. The fraction of sp³-hybridized carbons (Fsp3) is 0.308. The molecule has 1 aromatic carbocycles. The monoisotopic (exact) mass is 294 g/mol. The van der Waals surface area contributed by atoms with Gasteiger partial charge in [0, 0.05) is 17.9 Å². The van der Waals surface area contributed by atoms with E-state index >= 15 is 0 Å². The summed E-state index contributed by atoms with van der Waals surface area (Å²) in [7, 11) is 1.93. The summed E-state index contributed by atoms with van der Waals surface area (Å²) in [6.07, 6.45) is 0. The Kier molecular flexibility index (Phi) is 3.84. The van der Waals surface area contributed by atoms with E-state index in [1.165, 1.54) is 0 Å². The smallest absolute Gasteiger partial charge is 0.130 e. The summed E-state index contributed by atoms with van der Waals surface area (Å²) in [5.74, 6) is 0.920. The first-order valence-corrected chi connectivity index (χ1v) is 6.59. The van der Waals surface area contributed by atoms with Gasteiger partial charge in [-0.25, -0.2) is 0 Å². The van der Waals surface area contributed by atoms with Gasteiger partial charge in [-0.1, -0.05) is 34.1 Å². The second kappa shape index (κ2) is 5.36. The largest absolute Gasteiger partial charge is 0.487 e. The summed E-state index contributed by atoms with van der Waals surface area (Å²) >= 11 is 3.46. The minimum absolute atomic E-state index is 0.543. The average Bonchev–Trinajstić information content (AvgIpc) is 2.65. The van der Waals surface area contributed by atoms with Crippen molar-refractivity contribution in [3.05, 3.63) is 47.3 Å². The molecule has 2 rings (SSSR count). The number of benzene rings is 1.